The molecule has 1 aromatic heterocycles. The number of aryl methyl sites for hydroxylation is 2. The van der Waals surface area contributed by atoms with Crippen LogP contribution in [0.2, 0.25) is 0 Å². The molecule has 3 amide bonds. The zero-order valence-electron chi connectivity index (χ0n) is 16.8. The Morgan fingerprint density at radius 2 is 1.64 bits per heavy atom. The second-order valence-electron chi connectivity index (χ2n) is 7.54. The summed E-state index contributed by atoms with van der Waals surface area (Å²) in [5.74, 6) is -1.21. The summed E-state index contributed by atoms with van der Waals surface area (Å²) in [4.78, 5) is 45.1. The molecule has 7 nitrogen and oxygen atoms in total. The average Bonchev–Trinajstić information content (AvgIpc) is 2.66. The number of nitrogens with one attached hydrogen (secondary N) is 1. The molecule has 1 fully saturated rings. The van der Waals surface area contributed by atoms with Crippen LogP contribution in [0.4, 0.5) is 0 Å². The lowest BCUT2D eigenvalue weighted by Crippen LogP contribution is -2.54. The summed E-state index contributed by atoms with van der Waals surface area (Å²) in [5, 5.41) is 3.45. The minimum absolute atomic E-state index is 0.0696. The molecule has 0 unspecified atom stereocenters. The SMILES string of the molecule is Cc1ccc2nc(C)cc(C(=O)N3CCN(C(=O)C(=O)NC(C)C)CC3)c2c1. The zero-order chi connectivity index (χ0) is 20.4. The Morgan fingerprint density at radius 3 is 2.29 bits per heavy atom. The van der Waals surface area contributed by atoms with Crippen molar-refractivity contribution in [3.63, 3.8) is 0 Å². The fourth-order valence-corrected chi connectivity index (χ4v) is 3.40. The van der Waals surface area contributed by atoms with Crippen LogP contribution >= 0.6 is 0 Å². The lowest BCUT2D eigenvalue weighted by molar-refractivity contribution is -0.147. The van der Waals surface area contributed by atoms with Crippen molar-refractivity contribution >= 4 is 28.6 Å². The number of nitrogens with zero attached hydrogens (tertiary/aromatic N) is 3. The number of benzene rings is 1. The molecule has 0 radical (unpaired) electrons. The van der Waals surface area contributed by atoms with Gasteiger partial charge in [0.15, 0.2) is 0 Å². The third-order valence-corrected chi connectivity index (χ3v) is 4.79. The highest BCUT2D eigenvalue weighted by atomic mass is 16.2. The first kappa shape index (κ1) is 19.8. The van der Waals surface area contributed by atoms with Crippen molar-refractivity contribution in [2.75, 3.05) is 26.2 Å². The summed E-state index contributed by atoms with van der Waals surface area (Å²) in [6, 6.07) is 7.61. The predicted molar refractivity (Wildman–Crippen MR) is 107 cm³/mol. The van der Waals surface area contributed by atoms with E-state index < -0.39 is 11.8 Å². The summed E-state index contributed by atoms with van der Waals surface area (Å²) >= 11 is 0. The van der Waals surface area contributed by atoms with Crippen LogP contribution in [0, 0.1) is 13.8 Å². The largest absolute Gasteiger partial charge is 0.346 e. The van der Waals surface area contributed by atoms with Crippen LogP contribution < -0.4 is 5.32 Å². The van der Waals surface area contributed by atoms with E-state index >= 15 is 0 Å². The van der Waals surface area contributed by atoms with E-state index in [2.05, 4.69) is 10.3 Å². The minimum Gasteiger partial charge on any atom is -0.346 e. The summed E-state index contributed by atoms with van der Waals surface area (Å²) in [5.41, 5.74) is 3.29. The van der Waals surface area contributed by atoms with Gasteiger partial charge in [-0.3, -0.25) is 19.4 Å². The minimum atomic E-state index is -0.596. The van der Waals surface area contributed by atoms with Crippen LogP contribution in [-0.4, -0.2) is 64.7 Å². The molecule has 1 aliphatic heterocycles. The second kappa shape index (κ2) is 7.96. The molecule has 1 saturated heterocycles. The Labute approximate surface area is 164 Å². The monoisotopic (exact) mass is 382 g/mol. The topological polar surface area (TPSA) is 82.6 Å². The number of amides is 3. The predicted octanol–water partition coefficient (Wildman–Crippen LogP) is 1.66. The molecule has 1 aromatic carbocycles. The fourth-order valence-electron chi connectivity index (χ4n) is 3.40. The second-order valence-corrected chi connectivity index (χ2v) is 7.54. The molecule has 0 saturated carbocycles. The van der Waals surface area contributed by atoms with Gasteiger partial charge in [0.05, 0.1) is 11.1 Å². The molecule has 1 aliphatic rings. The highest BCUT2D eigenvalue weighted by molar-refractivity contribution is 6.35. The lowest BCUT2D eigenvalue weighted by Gasteiger charge is -2.34. The average molecular weight is 382 g/mol. The Kier molecular flexibility index (Phi) is 5.63. The standard InChI is InChI=1S/C21H26N4O3/c1-13(2)22-19(26)21(28)25-9-7-24(8-10-25)20(27)17-12-15(4)23-18-6-5-14(3)11-16(17)18/h5-6,11-13H,7-10H2,1-4H3,(H,22,26). The molecule has 1 N–H and O–H groups in total. The number of pyridine rings is 1. The molecule has 7 heteroatoms. The van der Waals surface area contributed by atoms with Crippen LogP contribution in [0.1, 0.15) is 35.5 Å². The molecule has 3 rings (SSSR count). The van der Waals surface area contributed by atoms with Crippen molar-refractivity contribution in [2.45, 2.75) is 33.7 Å². The van der Waals surface area contributed by atoms with Gasteiger partial charge in [-0.05, 0) is 45.9 Å². The maximum atomic E-state index is 13.1. The Hall–Kier alpha value is -2.96. The number of fused-ring (bicyclic) bond motifs is 1. The molecule has 0 aliphatic carbocycles. The van der Waals surface area contributed by atoms with E-state index in [0.717, 1.165) is 22.2 Å². The van der Waals surface area contributed by atoms with Gasteiger partial charge in [-0.25, -0.2) is 0 Å². The number of piperazine rings is 1. The molecular formula is C21H26N4O3. The van der Waals surface area contributed by atoms with Crippen molar-refractivity contribution < 1.29 is 14.4 Å². The molecule has 0 spiro atoms. The maximum Gasteiger partial charge on any atom is 0.312 e. The fraction of sp³-hybridized carbons (Fsp3) is 0.429. The number of rotatable bonds is 2. The highest BCUT2D eigenvalue weighted by Gasteiger charge is 2.29. The van der Waals surface area contributed by atoms with Crippen molar-refractivity contribution in [2.24, 2.45) is 0 Å². The summed E-state index contributed by atoms with van der Waals surface area (Å²) in [7, 11) is 0. The van der Waals surface area contributed by atoms with Gasteiger partial charge in [0.1, 0.15) is 0 Å². The van der Waals surface area contributed by atoms with Crippen LogP contribution in [0.3, 0.4) is 0 Å². The van der Waals surface area contributed by atoms with Gasteiger partial charge in [0.25, 0.3) is 5.91 Å². The van der Waals surface area contributed by atoms with E-state index in [-0.39, 0.29) is 11.9 Å². The molecule has 0 atom stereocenters. The highest BCUT2D eigenvalue weighted by Crippen LogP contribution is 2.22. The zero-order valence-corrected chi connectivity index (χ0v) is 16.8. The van der Waals surface area contributed by atoms with E-state index in [1.165, 1.54) is 4.90 Å². The molecule has 28 heavy (non-hydrogen) atoms. The first-order valence-electron chi connectivity index (χ1n) is 9.53. The van der Waals surface area contributed by atoms with E-state index in [1.54, 1.807) is 4.90 Å². The van der Waals surface area contributed by atoms with Crippen molar-refractivity contribution in [1.29, 1.82) is 0 Å². The third-order valence-electron chi connectivity index (χ3n) is 4.79. The van der Waals surface area contributed by atoms with E-state index in [4.69, 9.17) is 0 Å². The molecule has 2 aromatic rings. The lowest BCUT2D eigenvalue weighted by atomic mass is 10.0. The summed E-state index contributed by atoms with van der Waals surface area (Å²) in [6.45, 7) is 8.96. The van der Waals surface area contributed by atoms with Gasteiger partial charge in [-0.1, -0.05) is 11.6 Å². The number of aromatic nitrogens is 1. The van der Waals surface area contributed by atoms with Gasteiger partial charge < -0.3 is 15.1 Å². The Morgan fingerprint density at radius 1 is 1.00 bits per heavy atom. The van der Waals surface area contributed by atoms with Crippen LogP contribution in [0.5, 0.6) is 0 Å². The van der Waals surface area contributed by atoms with Crippen LogP contribution in [0.25, 0.3) is 10.9 Å². The Bertz CT molecular complexity index is 931. The van der Waals surface area contributed by atoms with E-state index in [1.807, 2.05) is 52.0 Å². The van der Waals surface area contributed by atoms with Crippen molar-refractivity contribution in [1.82, 2.24) is 20.1 Å². The number of hydrogen-bond donors (Lipinski definition) is 1. The number of carbonyl (C=O) groups excluding carboxylic acids is 3. The molecule has 148 valence electrons. The Balaban J connectivity index is 1.74. The molecular weight excluding hydrogens is 356 g/mol. The molecule has 2 heterocycles. The normalized spacial score (nSPS) is 14.5. The quantitative estimate of drug-likeness (QED) is 0.801. The first-order valence-corrected chi connectivity index (χ1v) is 9.53. The molecule has 0 bridgehead atoms. The number of carbonyl (C=O) groups is 3. The van der Waals surface area contributed by atoms with Crippen molar-refractivity contribution in [3.05, 3.63) is 41.1 Å². The van der Waals surface area contributed by atoms with E-state index in [9.17, 15) is 14.4 Å². The summed E-state index contributed by atoms with van der Waals surface area (Å²) < 4.78 is 0. The first-order chi connectivity index (χ1) is 13.3. The van der Waals surface area contributed by atoms with Gasteiger partial charge in [0.2, 0.25) is 0 Å². The van der Waals surface area contributed by atoms with Gasteiger partial charge in [0, 0.05) is 43.3 Å². The van der Waals surface area contributed by atoms with E-state index in [0.29, 0.717) is 31.7 Å². The van der Waals surface area contributed by atoms with Crippen molar-refractivity contribution in [3.8, 4) is 0 Å². The third kappa shape index (κ3) is 4.13. The number of hydrogen-bond acceptors (Lipinski definition) is 4. The van der Waals surface area contributed by atoms with Crippen LogP contribution in [0.15, 0.2) is 24.3 Å². The smallest absolute Gasteiger partial charge is 0.312 e. The van der Waals surface area contributed by atoms with Gasteiger partial charge >= 0.3 is 11.8 Å². The maximum absolute atomic E-state index is 13.1. The summed E-state index contributed by atoms with van der Waals surface area (Å²) in [6.07, 6.45) is 0. The van der Waals surface area contributed by atoms with Gasteiger partial charge in [-0.15, -0.1) is 0 Å². The van der Waals surface area contributed by atoms with Crippen LogP contribution in [-0.2, 0) is 9.59 Å². The van der Waals surface area contributed by atoms with Gasteiger partial charge in [-0.2, -0.15) is 0 Å².